The maximum atomic E-state index is 13.2. The lowest BCUT2D eigenvalue weighted by Crippen LogP contribution is -2.48. The summed E-state index contributed by atoms with van der Waals surface area (Å²) in [6, 6.07) is 14.9. The molecule has 0 saturated carbocycles. The molecule has 8 heteroatoms. The van der Waals surface area contributed by atoms with Crippen molar-refractivity contribution in [2.24, 2.45) is 5.92 Å². The summed E-state index contributed by atoms with van der Waals surface area (Å²) in [5.41, 5.74) is 1.57. The fraction of sp³-hybridized carbons (Fsp3) is 0.444. The number of rotatable bonds is 7. The van der Waals surface area contributed by atoms with Crippen LogP contribution in [0.2, 0.25) is 0 Å². The Kier molecular flexibility index (Phi) is 7.58. The number of nitrogens with one attached hydrogen (secondary N) is 1. The number of amides is 3. The predicted octanol–water partition coefficient (Wildman–Crippen LogP) is 3.03. The van der Waals surface area contributed by atoms with Crippen LogP contribution in [0.15, 0.2) is 48.5 Å². The minimum absolute atomic E-state index is 0.0144. The molecule has 2 aliphatic rings. The number of carbonyl (C=O) groups excluding carboxylic acids is 3. The molecule has 2 aromatic carbocycles. The van der Waals surface area contributed by atoms with E-state index < -0.39 is 0 Å². The number of hydrogen-bond acceptors (Lipinski definition) is 5. The third kappa shape index (κ3) is 5.42. The van der Waals surface area contributed by atoms with Gasteiger partial charge in [0.25, 0.3) is 5.91 Å². The normalized spacial score (nSPS) is 19.4. The highest BCUT2D eigenvalue weighted by Crippen LogP contribution is 2.30. The third-order valence-corrected chi connectivity index (χ3v) is 7.04. The highest BCUT2D eigenvalue weighted by atomic mass is 16.5. The van der Waals surface area contributed by atoms with Crippen molar-refractivity contribution in [1.82, 2.24) is 15.1 Å². The Bertz CT molecular complexity index is 1070. The van der Waals surface area contributed by atoms with Gasteiger partial charge in [0.1, 0.15) is 0 Å². The average molecular weight is 480 g/mol. The third-order valence-electron chi connectivity index (χ3n) is 7.04. The van der Waals surface area contributed by atoms with E-state index in [0.717, 1.165) is 5.56 Å². The number of methoxy groups -OCH3 is 2. The molecule has 0 aromatic heterocycles. The highest BCUT2D eigenvalue weighted by molar-refractivity contribution is 5.95. The van der Waals surface area contributed by atoms with Gasteiger partial charge in [0, 0.05) is 37.7 Å². The second-order valence-corrected chi connectivity index (χ2v) is 9.18. The summed E-state index contributed by atoms with van der Waals surface area (Å²) in [5, 5.41) is 3.06. The van der Waals surface area contributed by atoms with Gasteiger partial charge in [0.15, 0.2) is 11.5 Å². The number of likely N-dealkylation sites (tertiary alicyclic amines) is 2. The Morgan fingerprint density at radius 3 is 2.34 bits per heavy atom. The molecule has 0 bridgehead atoms. The van der Waals surface area contributed by atoms with Crippen LogP contribution in [0.1, 0.15) is 48.1 Å². The summed E-state index contributed by atoms with van der Waals surface area (Å²) in [4.78, 5) is 42.2. The minimum atomic E-state index is -0.313. The quantitative estimate of drug-likeness (QED) is 0.660. The molecule has 2 aromatic rings. The fourth-order valence-electron chi connectivity index (χ4n) is 4.93. The van der Waals surface area contributed by atoms with Crippen LogP contribution in [-0.2, 0) is 9.59 Å². The van der Waals surface area contributed by atoms with E-state index in [4.69, 9.17) is 9.47 Å². The number of hydrogen-bond donors (Lipinski definition) is 1. The summed E-state index contributed by atoms with van der Waals surface area (Å²) in [6.45, 7) is 3.58. The largest absolute Gasteiger partial charge is 0.493 e. The van der Waals surface area contributed by atoms with Gasteiger partial charge in [-0.15, -0.1) is 0 Å². The highest BCUT2D eigenvalue weighted by Gasteiger charge is 2.39. The van der Waals surface area contributed by atoms with Crippen LogP contribution in [0.5, 0.6) is 11.5 Å². The number of nitrogens with zero attached hydrogens (tertiary/aromatic N) is 2. The van der Waals surface area contributed by atoms with Gasteiger partial charge in [-0.25, -0.2) is 0 Å². The molecule has 0 radical (unpaired) electrons. The van der Waals surface area contributed by atoms with E-state index in [0.29, 0.717) is 49.5 Å². The van der Waals surface area contributed by atoms with E-state index in [-0.39, 0.29) is 42.1 Å². The minimum Gasteiger partial charge on any atom is -0.493 e. The van der Waals surface area contributed by atoms with Crippen molar-refractivity contribution in [3.8, 4) is 11.5 Å². The van der Waals surface area contributed by atoms with Gasteiger partial charge < -0.3 is 24.6 Å². The van der Waals surface area contributed by atoms with E-state index in [2.05, 4.69) is 5.32 Å². The SMILES string of the molecule is COc1ccc(C(=O)NC2CCN(C(=O)C3CC(=O)N(C(C)c4ccccc4)C3)CC2)cc1OC. The van der Waals surface area contributed by atoms with E-state index in [1.807, 2.05) is 47.1 Å². The van der Waals surface area contributed by atoms with Crippen LogP contribution < -0.4 is 14.8 Å². The first kappa shape index (κ1) is 24.6. The lowest BCUT2D eigenvalue weighted by Gasteiger charge is -2.34. The molecule has 0 spiro atoms. The monoisotopic (exact) mass is 479 g/mol. The maximum Gasteiger partial charge on any atom is 0.251 e. The molecule has 3 amide bonds. The van der Waals surface area contributed by atoms with Gasteiger partial charge in [-0.2, -0.15) is 0 Å². The van der Waals surface area contributed by atoms with Crippen molar-refractivity contribution in [2.45, 2.75) is 38.3 Å². The Labute approximate surface area is 206 Å². The molecule has 8 nitrogen and oxygen atoms in total. The van der Waals surface area contributed by atoms with Crippen LogP contribution in [0.3, 0.4) is 0 Å². The summed E-state index contributed by atoms with van der Waals surface area (Å²) < 4.78 is 10.5. The fourth-order valence-corrected chi connectivity index (χ4v) is 4.93. The topological polar surface area (TPSA) is 88.2 Å². The lowest BCUT2D eigenvalue weighted by molar-refractivity contribution is -0.136. The summed E-state index contributed by atoms with van der Waals surface area (Å²) >= 11 is 0. The first-order chi connectivity index (χ1) is 16.9. The number of benzene rings is 2. The first-order valence-corrected chi connectivity index (χ1v) is 12.1. The summed E-state index contributed by atoms with van der Waals surface area (Å²) in [5.74, 6) is 0.636. The van der Waals surface area contributed by atoms with Gasteiger partial charge in [0.05, 0.1) is 26.2 Å². The van der Waals surface area contributed by atoms with Gasteiger partial charge >= 0.3 is 0 Å². The molecular weight excluding hydrogens is 446 g/mol. The number of ether oxygens (including phenoxy) is 2. The molecule has 2 saturated heterocycles. The Balaban J connectivity index is 1.29. The zero-order valence-corrected chi connectivity index (χ0v) is 20.5. The van der Waals surface area contributed by atoms with Crippen molar-refractivity contribution in [2.75, 3.05) is 33.9 Å². The molecule has 2 aliphatic heterocycles. The summed E-state index contributed by atoms with van der Waals surface area (Å²) in [7, 11) is 3.08. The van der Waals surface area contributed by atoms with Gasteiger partial charge in [-0.05, 0) is 43.5 Å². The molecule has 2 atom stereocenters. The predicted molar refractivity (Wildman–Crippen MR) is 131 cm³/mol. The van der Waals surface area contributed by atoms with Crippen molar-refractivity contribution in [1.29, 1.82) is 0 Å². The molecule has 4 rings (SSSR count). The zero-order chi connectivity index (χ0) is 24.9. The second kappa shape index (κ2) is 10.8. The molecule has 35 heavy (non-hydrogen) atoms. The Hall–Kier alpha value is -3.55. The standard InChI is InChI=1S/C27H33N3O5/c1-18(19-7-5-4-6-8-19)30-17-21(16-25(30)31)27(33)29-13-11-22(12-14-29)28-26(32)20-9-10-23(34-2)24(15-20)35-3/h4-10,15,18,21-22H,11-14,16-17H2,1-3H3,(H,28,32). The van der Waals surface area contributed by atoms with Gasteiger partial charge in [-0.3, -0.25) is 14.4 Å². The van der Waals surface area contributed by atoms with E-state index >= 15 is 0 Å². The first-order valence-electron chi connectivity index (χ1n) is 12.1. The maximum absolute atomic E-state index is 13.2. The molecule has 0 aliphatic carbocycles. The zero-order valence-electron chi connectivity index (χ0n) is 20.5. The second-order valence-electron chi connectivity index (χ2n) is 9.18. The van der Waals surface area contributed by atoms with Crippen LogP contribution in [0.4, 0.5) is 0 Å². The van der Waals surface area contributed by atoms with E-state index in [1.54, 1.807) is 25.3 Å². The van der Waals surface area contributed by atoms with Crippen molar-refractivity contribution < 1.29 is 23.9 Å². The van der Waals surface area contributed by atoms with Crippen molar-refractivity contribution in [3.63, 3.8) is 0 Å². The number of carbonyl (C=O) groups is 3. The van der Waals surface area contributed by atoms with Crippen molar-refractivity contribution >= 4 is 17.7 Å². The Morgan fingerprint density at radius 1 is 1.00 bits per heavy atom. The smallest absolute Gasteiger partial charge is 0.251 e. The van der Waals surface area contributed by atoms with Crippen molar-refractivity contribution in [3.05, 3.63) is 59.7 Å². The van der Waals surface area contributed by atoms with E-state index in [1.165, 1.54) is 7.11 Å². The van der Waals surface area contributed by atoms with E-state index in [9.17, 15) is 14.4 Å². The van der Waals surface area contributed by atoms with Crippen LogP contribution in [0.25, 0.3) is 0 Å². The molecule has 2 fully saturated rings. The van der Waals surface area contributed by atoms with Crippen LogP contribution >= 0.6 is 0 Å². The molecule has 2 heterocycles. The van der Waals surface area contributed by atoms with Gasteiger partial charge in [-0.1, -0.05) is 30.3 Å². The molecule has 1 N–H and O–H groups in total. The molecule has 2 unspecified atom stereocenters. The van der Waals surface area contributed by atoms with Crippen LogP contribution in [-0.4, -0.2) is 67.4 Å². The Morgan fingerprint density at radius 2 is 1.69 bits per heavy atom. The van der Waals surface area contributed by atoms with Crippen LogP contribution in [0, 0.1) is 5.92 Å². The van der Waals surface area contributed by atoms with Gasteiger partial charge in [0.2, 0.25) is 11.8 Å². The summed E-state index contributed by atoms with van der Waals surface area (Å²) in [6.07, 6.45) is 1.61. The molecule has 186 valence electrons. The lowest BCUT2D eigenvalue weighted by atomic mass is 10.0. The average Bonchev–Trinajstić information content (AvgIpc) is 3.29. The number of piperidine rings is 1. The molecular formula is C27H33N3O5.